The van der Waals surface area contributed by atoms with Crippen LogP contribution in [0.1, 0.15) is 16.2 Å². The molecule has 0 unspecified atom stereocenters. The van der Waals surface area contributed by atoms with E-state index >= 15 is 0 Å². The largest absolute Gasteiger partial charge is 0.497 e. The molecule has 0 saturated carbocycles. The zero-order valence-corrected chi connectivity index (χ0v) is 10.5. The molecular formula is C12H15N5O2. The fraction of sp³-hybridized carbons (Fsp3) is 0.250. The summed E-state index contributed by atoms with van der Waals surface area (Å²) in [5, 5.41) is 8.77. The number of nitrogens with zero attached hydrogens (tertiary/aromatic N) is 2. The number of methoxy groups -OCH3 is 1. The van der Waals surface area contributed by atoms with E-state index in [1.165, 1.54) is 0 Å². The minimum atomic E-state index is -0.322. The first-order valence-electron chi connectivity index (χ1n) is 5.78. The van der Waals surface area contributed by atoms with Gasteiger partial charge in [-0.25, -0.2) is 0 Å². The van der Waals surface area contributed by atoms with Crippen molar-refractivity contribution < 1.29 is 9.53 Å². The SMILES string of the molecule is COc1ccc(CCNC(=O)c2nc(N)n[nH]2)cc1. The Kier molecular flexibility index (Phi) is 3.97. The highest BCUT2D eigenvalue weighted by molar-refractivity contribution is 5.90. The van der Waals surface area contributed by atoms with Gasteiger partial charge in [-0.2, -0.15) is 4.98 Å². The Balaban J connectivity index is 1.81. The van der Waals surface area contributed by atoms with E-state index in [-0.39, 0.29) is 17.7 Å². The van der Waals surface area contributed by atoms with Crippen LogP contribution in [-0.4, -0.2) is 34.7 Å². The Labute approximate surface area is 110 Å². The molecule has 0 bridgehead atoms. The average molecular weight is 261 g/mol. The number of nitrogens with one attached hydrogen (secondary N) is 2. The van der Waals surface area contributed by atoms with Crippen LogP contribution in [-0.2, 0) is 6.42 Å². The maximum absolute atomic E-state index is 11.6. The van der Waals surface area contributed by atoms with E-state index in [0.29, 0.717) is 6.54 Å². The van der Waals surface area contributed by atoms with Crippen molar-refractivity contribution in [1.29, 1.82) is 0 Å². The van der Waals surface area contributed by atoms with Crippen molar-refractivity contribution in [2.75, 3.05) is 19.4 Å². The van der Waals surface area contributed by atoms with Gasteiger partial charge in [0.05, 0.1) is 7.11 Å². The predicted molar refractivity (Wildman–Crippen MR) is 69.8 cm³/mol. The van der Waals surface area contributed by atoms with Crippen LogP contribution in [0, 0.1) is 0 Å². The van der Waals surface area contributed by atoms with Gasteiger partial charge in [-0.05, 0) is 24.1 Å². The number of H-pyrrole nitrogens is 1. The number of nitrogen functional groups attached to an aromatic ring is 1. The number of hydrogen-bond acceptors (Lipinski definition) is 5. The van der Waals surface area contributed by atoms with Gasteiger partial charge in [0, 0.05) is 6.54 Å². The van der Waals surface area contributed by atoms with Gasteiger partial charge >= 0.3 is 0 Å². The maximum Gasteiger partial charge on any atom is 0.288 e. The van der Waals surface area contributed by atoms with Crippen LogP contribution in [0.5, 0.6) is 5.75 Å². The summed E-state index contributed by atoms with van der Waals surface area (Å²) in [4.78, 5) is 15.4. The molecule has 2 rings (SSSR count). The van der Waals surface area contributed by atoms with Crippen LogP contribution >= 0.6 is 0 Å². The Morgan fingerprint density at radius 3 is 2.74 bits per heavy atom. The highest BCUT2D eigenvalue weighted by Gasteiger charge is 2.09. The average Bonchev–Trinajstić information content (AvgIpc) is 2.86. The summed E-state index contributed by atoms with van der Waals surface area (Å²) < 4.78 is 5.07. The minimum absolute atomic E-state index is 0.0558. The maximum atomic E-state index is 11.6. The standard InChI is InChI=1S/C12H15N5O2/c1-19-9-4-2-8(3-5-9)6-7-14-11(18)10-15-12(13)17-16-10/h2-5H,6-7H2,1H3,(H,14,18)(H3,13,15,16,17). The first-order chi connectivity index (χ1) is 9.19. The lowest BCUT2D eigenvalue weighted by Crippen LogP contribution is -2.26. The zero-order valence-electron chi connectivity index (χ0n) is 10.5. The van der Waals surface area contributed by atoms with E-state index in [9.17, 15) is 4.79 Å². The second kappa shape index (κ2) is 5.85. The Morgan fingerprint density at radius 2 is 2.16 bits per heavy atom. The van der Waals surface area contributed by atoms with Crippen LogP contribution in [0.4, 0.5) is 5.95 Å². The van der Waals surface area contributed by atoms with Crippen LogP contribution in [0.25, 0.3) is 0 Å². The van der Waals surface area contributed by atoms with Gasteiger partial charge in [0.25, 0.3) is 5.91 Å². The number of carbonyl (C=O) groups excluding carboxylic acids is 1. The molecule has 4 N–H and O–H groups in total. The molecule has 0 radical (unpaired) electrons. The highest BCUT2D eigenvalue weighted by Crippen LogP contribution is 2.11. The first-order valence-corrected chi connectivity index (χ1v) is 5.78. The van der Waals surface area contributed by atoms with Crippen molar-refractivity contribution in [3.8, 4) is 5.75 Å². The number of benzene rings is 1. The third kappa shape index (κ3) is 3.44. The Morgan fingerprint density at radius 1 is 1.42 bits per heavy atom. The summed E-state index contributed by atoms with van der Waals surface area (Å²) in [7, 11) is 1.62. The lowest BCUT2D eigenvalue weighted by atomic mass is 10.1. The van der Waals surface area contributed by atoms with E-state index in [2.05, 4.69) is 20.5 Å². The second-order valence-corrected chi connectivity index (χ2v) is 3.90. The number of aromatic amines is 1. The summed E-state index contributed by atoms with van der Waals surface area (Å²) in [5.74, 6) is 0.662. The van der Waals surface area contributed by atoms with Gasteiger partial charge in [0.2, 0.25) is 11.8 Å². The number of ether oxygens (including phenoxy) is 1. The predicted octanol–water partition coefficient (Wildman–Crippen LogP) is 0.368. The molecule has 0 fully saturated rings. The molecule has 1 aromatic carbocycles. The lowest BCUT2D eigenvalue weighted by molar-refractivity contribution is 0.0944. The summed E-state index contributed by atoms with van der Waals surface area (Å²) in [5.41, 5.74) is 6.43. The molecule has 7 nitrogen and oxygen atoms in total. The first kappa shape index (κ1) is 12.9. The molecule has 100 valence electrons. The number of amides is 1. The fourth-order valence-corrected chi connectivity index (χ4v) is 1.57. The molecule has 1 heterocycles. The van der Waals surface area contributed by atoms with E-state index in [0.717, 1.165) is 17.7 Å². The Bertz CT molecular complexity index is 550. The summed E-state index contributed by atoms with van der Waals surface area (Å²) in [6.45, 7) is 0.506. The van der Waals surface area contributed by atoms with Crippen molar-refractivity contribution >= 4 is 11.9 Å². The quantitative estimate of drug-likeness (QED) is 0.721. The smallest absolute Gasteiger partial charge is 0.288 e. The summed E-state index contributed by atoms with van der Waals surface area (Å²) in [6.07, 6.45) is 0.722. The molecule has 7 heteroatoms. The number of hydrogen-bond donors (Lipinski definition) is 3. The minimum Gasteiger partial charge on any atom is -0.497 e. The van der Waals surface area contributed by atoms with Gasteiger partial charge < -0.3 is 15.8 Å². The molecule has 0 aliphatic heterocycles. The van der Waals surface area contributed by atoms with Crippen molar-refractivity contribution in [2.24, 2.45) is 0 Å². The number of anilines is 1. The van der Waals surface area contributed by atoms with E-state index < -0.39 is 0 Å². The Hall–Kier alpha value is -2.57. The highest BCUT2D eigenvalue weighted by atomic mass is 16.5. The third-order valence-corrected chi connectivity index (χ3v) is 2.58. The van der Waals surface area contributed by atoms with Gasteiger partial charge in [-0.3, -0.25) is 9.89 Å². The number of rotatable bonds is 5. The molecule has 0 saturated heterocycles. The van der Waals surface area contributed by atoms with Crippen LogP contribution in [0.2, 0.25) is 0 Å². The van der Waals surface area contributed by atoms with Crippen molar-refractivity contribution in [2.45, 2.75) is 6.42 Å². The molecule has 0 aliphatic carbocycles. The number of nitrogens with two attached hydrogens (primary N) is 1. The van der Waals surface area contributed by atoms with E-state index in [1.807, 2.05) is 24.3 Å². The number of aromatic nitrogens is 3. The molecule has 1 amide bonds. The molecule has 0 aliphatic rings. The number of carbonyl (C=O) groups is 1. The molecule has 0 spiro atoms. The van der Waals surface area contributed by atoms with Gasteiger partial charge in [-0.15, -0.1) is 5.10 Å². The zero-order chi connectivity index (χ0) is 13.7. The van der Waals surface area contributed by atoms with E-state index in [1.54, 1.807) is 7.11 Å². The van der Waals surface area contributed by atoms with E-state index in [4.69, 9.17) is 10.5 Å². The fourth-order valence-electron chi connectivity index (χ4n) is 1.57. The normalized spacial score (nSPS) is 10.2. The van der Waals surface area contributed by atoms with Crippen molar-refractivity contribution in [1.82, 2.24) is 20.5 Å². The van der Waals surface area contributed by atoms with Crippen LogP contribution < -0.4 is 15.8 Å². The molecule has 0 atom stereocenters. The van der Waals surface area contributed by atoms with Crippen molar-refractivity contribution in [3.05, 3.63) is 35.7 Å². The van der Waals surface area contributed by atoms with Crippen LogP contribution in [0.3, 0.4) is 0 Å². The van der Waals surface area contributed by atoms with Gasteiger partial charge in [0.1, 0.15) is 5.75 Å². The topological polar surface area (TPSA) is 106 Å². The van der Waals surface area contributed by atoms with Gasteiger partial charge in [0.15, 0.2) is 0 Å². The molecule has 1 aromatic heterocycles. The third-order valence-electron chi connectivity index (χ3n) is 2.58. The molecular weight excluding hydrogens is 246 g/mol. The van der Waals surface area contributed by atoms with Gasteiger partial charge in [-0.1, -0.05) is 12.1 Å². The molecule has 2 aromatic rings. The molecule has 19 heavy (non-hydrogen) atoms. The second-order valence-electron chi connectivity index (χ2n) is 3.90. The summed E-state index contributed by atoms with van der Waals surface area (Å²) in [6, 6.07) is 7.68. The van der Waals surface area contributed by atoms with Crippen molar-refractivity contribution in [3.63, 3.8) is 0 Å². The summed E-state index contributed by atoms with van der Waals surface area (Å²) >= 11 is 0. The van der Waals surface area contributed by atoms with Crippen LogP contribution in [0.15, 0.2) is 24.3 Å². The lowest BCUT2D eigenvalue weighted by Gasteiger charge is -2.04. The monoisotopic (exact) mass is 261 g/mol.